The second kappa shape index (κ2) is 9.06. The highest BCUT2D eigenvalue weighted by Gasteiger charge is 2.42. The molecule has 3 fully saturated rings. The fourth-order valence-corrected chi connectivity index (χ4v) is 5.30. The van der Waals surface area contributed by atoms with Gasteiger partial charge in [0.05, 0.1) is 6.26 Å². The lowest BCUT2D eigenvalue weighted by Crippen LogP contribution is -2.54. The summed E-state index contributed by atoms with van der Waals surface area (Å²) < 4.78 is 13.1. The summed E-state index contributed by atoms with van der Waals surface area (Å²) in [5.41, 5.74) is 4.14. The quantitative estimate of drug-likeness (QED) is 0.559. The monoisotopic (exact) mass is 448 g/mol. The Balaban J connectivity index is 1.17. The van der Waals surface area contributed by atoms with Crippen molar-refractivity contribution in [1.29, 1.82) is 0 Å². The second-order valence-electron chi connectivity index (χ2n) is 9.60. The van der Waals surface area contributed by atoms with Crippen LogP contribution in [-0.4, -0.2) is 46.5 Å². The third-order valence-corrected chi connectivity index (χ3v) is 7.18. The third-order valence-electron chi connectivity index (χ3n) is 7.18. The Bertz CT molecular complexity index is 1090. The predicted molar refractivity (Wildman–Crippen MR) is 127 cm³/mol. The maximum Gasteiger partial charge on any atom is 0.411 e. The van der Waals surface area contributed by atoms with Crippen molar-refractivity contribution in [3.63, 3.8) is 0 Å². The van der Waals surface area contributed by atoms with Crippen LogP contribution in [0.1, 0.15) is 49.8 Å². The van der Waals surface area contributed by atoms with Crippen molar-refractivity contribution < 1.29 is 13.9 Å². The number of aryl methyl sites for hydroxylation is 1. The number of piperidine rings is 3. The van der Waals surface area contributed by atoms with E-state index in [4.69, 9.17) is 9.15 Å². The Kier molecular flexibility index (Phi) is 5.98. The highest BCUT2D eigenvalue weighted by Crippen LogP contribution is 2.42. The van der Waals surface area contributed by atoms with Crippen LogP contribution in [0.4, 0.5) is 10.5 Å². The molecule has 3 aliphatic rings. The molecule has 3 aliphatic heterocycles. The molecule has 3 saturated heterocycles. The molecule has 0 aliphatic carbocycles. The fraction of sp³-hybridized carbons (Fsp3) is 0.462. The van der Waals surface area contributed by atoms with E-state index in [0.717, 1.165) is 43.1 Å². The molecule has 5 heterocycles. The van der Waals surface area contributed by atoms with Crippen LogP contribution in [-0.2, 0) is 11.8 Å². The van der Waals surface area contributed by atoms with Crippen molar-refractivity contribution in [3.8, 4) is 11.5 Å². The summed E-state index contributed by atoms with van der Waals surface area (Å²) in [5.74, 6) is 2.27. The van der Waals surface area contributed by atoms with Crippen LogP contribution in [0.5, 0.6) is 0 Å². The molecule has 1 amide bonds. The normalized spacial score (nSPS) is 24.2. The summed E-state index contributed by atoms with van der Waals surface area (Å²) in [6.45, 7) is 6.74. The van der Waals surface area contributed by atoms with Crippen molar-refractivity contribution in [3.05, 3.63) is 60.0 Å². The van der Waals surface area contributed by atoms with Crippen molar-refractivity contribution in [1.82, 2.24) is 14.7 Å². The standard InChI is InChI=1S/C26H32N4O3/c1-17(2)18-6-8-20(9-7-18)27-26(31)33-16-21-13-19-10-11-30(21)15-22(19)24-14-23(28-29(24)3)25-5-4-12-32-25/h4-9,12,14,17,19,21-22H,10-11,13,15-16H2,1-3H3,(H,27,31)/t19-,21-,22+/m1/s1. The summed E-state index contributed by atoms with van der Waals surface area (Å²) in [7, 11) is 2.01. The molecule has 7 nitrogen and oxygen atoms in total. The maximum atomic E-state index is 12.4. The van der Waals surface area contributed by atoms with E-state index in [1.165, 1.54) is 11.3 Å². The molecule has 33 heavy (non-hydrogen) atoms. The zero-order chi connectivity index (χ0) is 22.9. The van der Waals surface area contributed by atoms with E-state index in [0.29, 0.717) is 24.4 Å². The van der Waals surface area contributed by atoms with Crippen LogP contribution < -0.4 is 5.32 Å². The molecule has 7 heteroatoms. The van der Waals surface area contributed by atoms with Gasteiger partial charge >= 0.3 is 6.09 Å². The smallest absolute Gasteiger partial charge is 0.411 e. The van der Waals surface area contributed by atoms with E-state index in [1.807, 2.05) is 48.1 Å². The molecule has 4 atom stereocenters. The SMILES string of the molecule is CC(C)c1ccc(NC(=O)OC[C@H]2C[C@H]3CCN2C[C@@H]3c2cc(-c3ccco3)nn2C)cc1. The zero-order valence-corrected chi connectivity index (χ0v) is 19.5. The number of aromatic nitrogens is 2. The van der Waals surface area contributed by atoms with Crippen molar-refractivity contribution in [2.45, 2.75) is 44.6 Å². The molecule has 1 unspecified atom stereocenters. The van der Waals surface area contributed by atoms with Gasteiger partial charge in [-0.15, -0.1) is 0 Å². The molecule has 2 bridgehead atoms. The lowest BCUT2D eigenvalue weighted by Gasteiger charge is -2.49. The first-order valence-electron chi connectivity index (χ1n) is 11.8. The van der Waals surface area contributed by atoms with Gasteiger partial charge in [-0.05, 0) is 67.1 Å². The van der Waals surface area contributed by atoms with Gasteiger partial charge in [-0.25, -0.2) is 4.79 Å². The molecule has 1 aromatic carbocycles. The summed E-state index contributed by atoms with van der Waals surface area (Å²) >= 11 is 0. The number of furan rings is 1. The average molecular weight is 449 g/mol. The van der Waals surface area contributed by atoms with Crippen molar-refractivity contribution >= 4 is 11.8 Å². The number of carbonyl (C=O) groups is 1. The highest BCUT2D eigenvalue weighted by molar-refractivity contribution is 5.84. The van der Waals surface area contributed by atoms with E-state index < -0.39 is 0 Å². The highest BCUT2D eigenvalue weighted by atomic mass is 16.5. The average Bonchev–Trinajstić information content (AvgIpc) is 3.48. The van der Waals surface area contributed by atoms with Gasteiger partial charge in [0.15, 0.2) is 5.76 Å². The lowest BCUT2D eigenvalue weighted by molar-refractivity contribution is -0.00222. The van der Waals surface area contributed by atoms with Gasteiger partial charge in [-0.2, -0.15) is 5.10 Å². The van der Waals surface area contributed by atoms with E-state index in [1.54, 1.807) is 6.26 Å². The molecule has 3 aromatic rings. The van der Waals surface area contributed by atoms with Gasteiger partial charge < -0.3 is 9.15 Å². The van der Waals surface area contributed by atoms with E-state index in [9.17, 15) is 4.79 Å². The van der Waals surface area contributed by atoms with E-state index >= 15 is 0 Å². The first-order valence-corrected chi connectivity index (χ1v) is 11.8. The van der Waals surface area contributed by atoms with E-state index in [-0.39, 0.29) is 12.1 Å². The fourth-order valence-electron chi connectivity index (χ4n) is 5.30. The van der Waals surface area contributed by atoms with Gasteiger partial charge in [0.2, 0.25) is 0 Å². The number of amides is 1. The minimum atomic E-state index is -0.388. The first kappa shape index (κ1) is 21.8. The number of rotatable bonds is 6. The maximum absolute atomic E-state index is 12.4. The Morgan fingerprint density at radius 1 is 1.27 bits per heavy atom. The number of ether oxygens (including phenoxy) is 1. The summed E-state index contributed by atoms with van der Waals surface area (Å²) in [4.78, 5) is 14.8. The largest absolute Gasteiger partial charge is 0.463 e. The van der Waals surface area contributed by atoms with Crippen LogP contribution in [0.25, 0.3) is 11.5 Å². The minimum Gasteiger partial charge on any atom is -0.463 e. The van der Waals surface area contributed by atoms with Gasteiger partial charge in [0.25, 0.3) is 0 Å². The van der Waals surface area contributed by atoms with Crippen LogP contribution in [0, 0.1) is 5.92 Å². The zero-order valence-electron chi connectivity index (χ0n) is 19.5. The number of hydrogen-bond acceptors (Lipinski definition) is 5. The molecule has 174 valence electrons. The van der Waals surface area contributed by atoms with Crippen molar-refractivity contribution in [2.24, 2.45) is 13.0 Å². The first-order chi connectivity index (χ1) is 16.0. The van der Waals surface area contributed by atoms with Crippen LogP contribution in [0.3, 0.4) is 0 Å². The van der Waals surface area contributed by atoms with Gasteiger partial charge in [0, 0.05) is 36.9 Å². The Hall–Kier alpha value is -3.06. The topological polar surface area (TPSA) is 72.5 Å². The Labute approximate surface area is 194 Å². The van der Waals surface area contributed by atoms with Gasteiger partial charge in [-0.3, -0.25) is 14.9 Å². The number of fused-ring (bicyclic) bond motifs is 3. The summed E-state index contributed by atoms with van der Waals surface area (Å²) in [6.07, 6.45) is 3.49. The number of carbonyl (C=O) groups excluding carboxylic acids is 1. The number of benzene rings is 1. The van der Waals surface area contributed by atoms with Crippen LogP contribution >= 0.6 is 0 Å². The summed E-state index contributed by atoms with van der Waals surface area (Å²) in [6, 6.07) is 14.2. The molecule has 0 spiro atoms. The number of hydrogen-bond donors (Lipinski definition) is 1. The second-order valence-corrected chi connectivity index (χ2v) is 9.60. The summed E-state index contributed by atoms with van der Waals surface area (Å²) in [5, 5.41) is 7.52. The van der Waals surface area contributed by atoms with Gasteiger partial charge in [-0.1, -0.05) is 26.0 Å². The third kappa shape index (κ3) is 4.55. The van der Waals surface area contributed by atoms with Crippen LogP contribution in [0.2, 0.25) is 0 Å². The Morgan fingerprint density at radius 3 is 2.76 bits per heavy atom. The Morgan fingerprint density at radius 2 is 2.09 bits per heavy atom. The minimum absolute atomic E-state index is 0.270. The molecule has 6 rings (SSSR count). The number of anilines is 1. The molecular formula is C26H32N4O3. The molecular weight excluding hydrogens is 416 g/mol. The lowest BCUT2D eigenvalue weighted by atomic mass is 9.74. The molecule has 2 aromatic heterocycles. The van der Waals surface area contributed by atoms with Gasteiger partial charge in [0.1, 0.15) is 12.3 Å². The van der Waals surface area contributed by atoms with E-state index in [2.05, 4.69) is 35.2 Å². The number of nitrogens with zero attached hydrogens (tertiary/aromatic N) is 3. The predicted octanol–water partition coefficient (Wildman–Crippen LogP) is 5.23. The molecule has 1 N–H and O–H groups in total. The molecule has 0 saturated carbocycles. The molecule has 0 radical (unpaired) electrons. The van der Waals surface area contributed by atoms with Crippen LogP contribution in [0.15, 0.2) is 53.1 Å². The number of nitrogens with one attached hydrogen (secondary N) is 1. The van der Waals surface area contributed by atoms with Crippen molar-refractivity contribution in [2.75, 3.05) is 25.0 Å².